The van der Waals surface area contributed by atoms with Gasteiger partial charge in [0.05, 0.1) is 22.4 Å². The number of fused-ring (bicyclic) bond motifs is 2. The number of amides is 1. The fourth-order valence-electron chi connectivity index (χ4n) is 8.99. The van der Waals surface area contributed by atoms with Crippen molar-refractivity contribution in [1.82, 2.24) is 29.7 Å². The number of likely N-dealkylation sites (tertiary alicyclic amines) is 2. The van der Waals surface area contributed by atoms with Crippen molar-refractivity contribution in [3.63, 3.8) is 0 Å². The molecular weight excluding hydrogens is 676 g/mol. The maximum absolute atomic E-state index is 15.1. The minimum Gasteiger partial charge on any atom is -0.461 e. The molecule has 5 atom stereocenters. The van der Waals surface area contributed by atoms with Crippen LogP contribution < -0.4 is 9.64 Å². The van der Waals surface area contributed by atoms with Gasteiger partial charge in [-0.1, -0.05) is 18.6 Å². The fraction of sp³-hybridized carbons (Fsp3) is 0.512. The Hall–Kier alpha value is -4.44. The van der Waals surface area contributed by atoms with E-state index >= 15 is 8.78 Å². The Balaban J connectivity index is 1.21. The van der Waals surface area contributed by atoms with Crippen molar-refractivity contribution in [3.8, 4) is 18.4 Å². The molecule has 280 valence electrons. The Bertz CT molecular complexity index is 1900. The molecule has 1 N–H and O–H groups in total. The number of hydrogen-bond donors (Lipinski definition) is 1. The molecule has 7 rings (SSSR count). The number of anilines is 1. The lowest BCUT2D eigenvalue weighted by molar-refractivity contribution is -0.126. The van der Waals surface area contributed by atoms with Crippen molar-refractivity contribution < 1.29 is 23.4 Å². The molecule has 4 aliphatic rings. The summed E-state index contributed by atoms with van der Waals surface area (Å²) in [5, 5.41) is 11.4. The van der Waals surface area contributed by atoms with Gasteiger partial charge in [-0.05, 0) is 80.5 Å². The van der Waals surface area contributed by atoms with E-state index in [0.29, 0.717) is 65.0 Å². The van der Waals surface area contributed by atoms with Gasteiger partial charge in [0.1, 0.15) is 24.4 Å². The van der Waals surface area contributed by atoms with Crippen molar-refractivity contribution in [2.45, 2.75) is 94.9 Å². The molecule has 0 spiro atoms. The van der Waals surface area contributed by atoms with Crippen LogP contribution in [-0.2, 0) is 30.7 Å². The predicted octanol–water partition coefficient (Wildman–Crippen LogP) is 4.78. The van der Waals surface area contributed by atoms with Crippen LogP contribution in [0.4, 0.5) is 14.6 Å². The fourth-order valence-corrected chi connectivity index (χ4v) is 8.99. The highest BCUT2D eigenvalue weighted by atomic mass is 19.1. The Kier molecular flexibility index (Phi) is 10.3. The van der Waals surface area contributed by atoms with Crippen LogP contribution in [-0.4, -0.2) is 104 Å². The first-order valence-corrected chi connectivity index (χ1v) is 18.6. The van der Waals surface area contributed by atoms with Crippen LogP contribution in [0.3, 0.4) is 0 Å². The molecule has 1 aromatic carbocycles. The van der Waals surface area contributed by atoms with Gasteiger partial charge in [0.25, 0.3) is 0 Å². The monoisotopic (exact) mass is 725 g/mol. The summed E-state index contributed by atoms with van der Waals surface area (Å²) in [5.41, 5.74) is 3.02. The first-order valence-electron chi connectivity index (χ1n) is 18.6. The maximum Gasteiger partial charge on any atom is 0.318 e. The number of ether oxygens (including phenoxy) is 1. The van der Waals surface area contributed by atoms with Crippen LogP contribution in [0.25, 0.3) is 0 Å². The number of halogens is 2. The van der Waals surface area contributed by atoms with Crippen molar-refractivity contribution in [1.29, 1.82) is 0 Å². The molecular formula is C41H49F2N7O3. The zero-order valence-electron chi connectivity index (χ0n) is 30.9. The highest BCUT2D eigenvalue weighted by molar-refractivity contribution is 5.87. The van der Waals surface area contributed by atoms with E-state index in [9.17, 15) is 9.90 Å². The largest absolute Gasteiger partial charge is 0.461 e. The summed E-state index contributed by atoms with van der Waals surface area (Å²) in [6.07, 6.45) is 13.2. The number of alkyl halides is 1. The summed E-state index contributed by atoms with van der Waals surface area (Å²) in [5.74, 6) is 2.79. The molecule has 53 heavy (non-hydrogen) atoms. The molecule has 0 radical (unpaired) electrons. The van der Waals surface area contributed by atoms with Crippen LogP contribution in [0.1, 0.15) is 79.1 Å². The van der Waals surface area contributed by atoms with Gasteiger partial charge < -0.3 is 19.6 Å². The molecule has 2 fully saturated rings. The van der Waals surface area contributed by atoms with Crippen LogP contribution in [0.2, 0.25) is 0 Å². The number of pyridine rings is 1. The number of aromatic nitrogens is 3. The van der Waals surface area contributed by atoms with Gasteiger partial charge in [-0.2, -0.15) is 9.97 Å². The van der Waals surface area contributed by atoms with Crippen LogP contribution in [0.15, 0.2) is 49.3 Å². The summed E-state index contributed by atoms with van der Waals surface area (Å²) in [6.45, 7) is 10.8. The molecule has 3 aromatic rings. The SMILES string of the molecule is C#Cc1c(F)ccc2c1[C@H](N1CCc3c(nc(OC[C@]4(C)C[C@@H](F)CN4Cc4ccncc4)nc3N(C)C[C@@H]3CCCN3C(=O)C=C)C1)C[C@](C)(O)C2. The first kappa shape index (κ1) is 36.9. The number of rotatable bonds is 10. The van der Waals surface area contributed by atoms with Crippen molar-refractivity contribution in [2.75, 3.05) is 44.7 Å². The predicted molar refractivity (Wildman–Crippen MR) is 198 cm³/mol. The molecule has 0 saturated carbocycles. The second-order valence-electron chi connectivity index (χ2n) is 15.7. The third-order valence-corrected chi connectivity index (χ3v) is 11.6. The van der Waals surface area contributed by atoms with Crippen molar-refractivity contribution in [3.05, 3.63) is 88.6 Å². The summed E-state index contributed by atoms with van der Waals surface area (Å²) >= 11 is 0. The highest BCUT2D eigenvalue weighted by Crippen LogP contribution is 2.44. The van der Waals surface area contributed by atoms with E-state index in [1.807, 2.05) is 37.9 Å². The molecule has 3 aliphatic heterocycles. The number of carbonyl (C=O) groups is 1. The quantitative estimate of drug-likeness (QED) is 0.234. The molecule has 0 bridgehead atoms. The molecule has 1 aliphatic carbocycles. The summed E-state index contributed by atoms with van der Waals surface area (Å²) < 4.78 is 36.6. The molecule has 2 aromatic heterocycles. The summed E-state index contributed by atoms with van der Waals surface area (Å²) in [7, 11) is 1.98. The first-order chi connectivity index (χ1) is 25.4. The zero-order chi connectivity index (χ0) is 37.5. The Morgan fingerprint density at radius 1 is 1.21 bits per heavy atom. The van der Waals surface area contributed by atoms with Crippen LogP contribution in [0, 0.1) is 18.2 Å². The van der Waals surface area contributed by atoms with Crippen LogP contribution in [0.5, 0.6) is 6.01 Å². The van der Waals surface area contributed by atoms with Crippen molar-refractivity contribution in [2.24, 2.45) is 0 Å². The number of aliphatic hydroxyl groups is 1. The van der Waals surface area contributed by atoms with Gasteiger partial charge in [0.2, 0.25) is 5.91 Å². The lowest BCUT2D eigenvalue weighted by Gasteiger charge is -2.44. The molecule has 12 heteroatoms. The van der Waals surface area contributed by atoms with Gasteiger partial charge in [-0.25, -0.2) is 8.78 Å². The van der Waals surface area contributed by atoms with Gasteiger partial charge in [-0.3, -0.25) is 19.6 Å². The topological polar surface area (TPSA) is 98.2 Å². The van der Waals surface area contributed by atoms with E-state index in [1.165, 1.54) is 12.1 Å². The van der Waals surface area contributed by atoms with E-state index in [0.717, 1.165) is 46.6 Å². The smallest absolute Gasteiger partial charge is 0.318 e. The normalized spacial score (nSPS) is 27.2. The van der Waals surface area contributed by atoms with E-state index in [-0.39, 0.29) is 36.2 Å². The molecule has 5 heterocycles. The van der Waals surface area contributed by atoms with E-state index in [2.05, 4.69) is 32.2 Å². The van der Waals surface area contributed by atoms with Gasteiger partial charge >= 0.3 is 6.01 Å². The number of hydrogen-bond acceptors (Lipinski definition) is 9. The number of nitrogens with zero attached hydrogens (tertiary/aromatic N) is 7. The molecule has 0 unspecified atom stereocenters. The second-order valence-corrected chi connectivity index (χ2v) is 15.7. The van der Waals surface area contributed by atoms with Crippen molar-refractivity contribution >= 4 is 11.7 Å². The minimum absolute atomic E-state index is 0.000688. The Labute approximate surface area is 310 Å². The van der Waals surface area contributed by atoms with E-state index in [4.69, 9.17) is 21.1 Å². The third-order valence-electron chi connectivity index (χ3n) is 11.6. The number of carbonyl (C=O) groups excluding carboxylic acids is 1. The molecule has 10 nitrogen and oxygen atoms in total. The Morgan fingerprint density at radius 3 is 2.75 bits per heavy atom. The van der Waals surface area contributed by atoms with Gasteiger partial charge in [-0.15, -0.1) is 6.42 Å². The average Bonchev–Trinajstić information content (AvgIpc) is 3.72. The number of benzene rings is 1. The standard InChI is InChI=1S/C41H49F2N7O3/c1-6-31-33(43)11-10-28-19-41(4,52)21-35(37(28)31)48-18-14-32-34(25-48)45-39(46-38(32)47(5)24-30-9-8-17-50(30)36(51)7-2)53-26-40(3)20-29(42)23-49(40)22-27-12-15-44-16-13-27/h1,7,10-13,15-16,29-30,35,52H,2,8-9,14,17-26H2,3-5H3/t29-,30+,35-,40+,41-/m1/s1. The highest BCUT2D eigenvalue weighted by Gasteiger charge is 2.44. The summed E-state index contributed by atoms with van der Waals surface area (Å²) in [6, 6.07) is 6.86. The molecule has 2 saturated heterocycles. The average molecular weight is 726 g/mol. The summed E-state index contributed by atoms with van der Waals surface area (Å²) in [4.78, 5) is 35.1. The van der Waals surface area contributed by atoms with Crippen LogP contribution >= 0.6 is 0 Å². The lowest BCUT2D eigenvalue weighted by atomic mass is 9.75. The van der Waals surface area contributed by atoms with E-state index in [1.54, 1.807) is 18.5 Å². The number of terminal acetylenes is 1. The van der Waals surface area contributed by atoms with Gasteiger partial charge in [0, 0.05) is 89.2 Å². The number of likely N-dealkylation sites (N-methyl/N-ethyl adjacent to an activating group) is 1. The van der Waals surface area contributed by atoms with Gasteiger partial charge in [0.15, 0.2) is 0 Å². The maximum atomic E-state index is 15.1. The Morgan fingerprint density at radius 2 is 2.00 bits per heavy atom. The minimum atomic E-state index is -1.00. The molecule has 1 amide bonds. The van der Waals surface area contributed by atoms with E-state index < -0.39 is 23.1 Å². The second kappa shape index (κ2) is 14.8. The lowest BCUT2D eigenvalue weighted by Crippen LogP contribution is -2.46. The zero-order valence-corrected chi connectivity index (χ0v) is 30.9. The third kappa shape index (κ3) is 7.52.